The lowest BCUT2D eigenvalue weighted by Gasteiger charge is -2.08. The Morgan fingerprint density at radius 2 is 1.26 bits per heavy atom. The Labute approximate surface area is 162 Å². The van der Waals surface area contributed by atoms with Crippen molar-refractivity contribution in [2.24, 2.45) is 0 Å². The predicted octanol–water partition coefficient (Wildman–Crippen LogP) is 4.05. The van der Waals surface area contributed by atoms with Crippen LogP contribution in [0.15, 0.2) is 110 Å². The number of aryl methyl sites for hydroxylation is 2. The van der Waals surface area contributed by atoms with Gasteiger partial charge < -0.3 is 4.57 Å². The zero-order valence-electron chi connectivity index (χ0n) is 15.8. The largest absolute Gasteiger partial charge is 0.337 e. The first kappa shape index (κ1) is 18.7. The van der Waals surface area contributed by atoms with Crippen molar-refractivity contribution in [2.75, 3.05) is 0 Å². The third-order valence-corrected chi connectivity index (χ3v) is 4.66. The van der Waals surface area contributed by atoms with Crippen molar-refractivity contribution in [1.29, 1.82) is 0 Å². The average molecular weight is 352 g/mol. The van der Waals surface area contributed by atoms with Crippen LogP contribution in [0.1, 0.15) is 5.56 Å². The van der Waals surface area contributed by atoms with Crippen molar-refractivity contribution in [2.45, 2.75) is 19.8 Å². The third kappa shape index (κ3) is 6.00. The molecule has 0 spiro atoms. The van der Waals surface area contributed by atoms with Crippen LogP contribution in [0.4, 0.5) is 0 Å². The van der Waals surface area contributed by atoms with Crippen molar-refractivity contribution in [3.63, 3.8) is 0 Å². The molecule has 3 heteroatoms. The quantitative estimate of drug-likeness (QED) is 0.496. The van der Waals surface area contributed by atoms with Gasteiger partial charge in [-0.15, -0.1) is 0 Å². The monoisotopic (exact) mass is 352 g/mol. The van der Waals surface area contributed by atoms with Crippen molar-refractivity contribution in [3.8, 4) is 0 Å². The molecular formula is C24H25BN2. The van der Waals surface area contributed by atoms with Crippen molar-refractivity contribution in [3.05, 3.63) is 115 Å². The highest BCUT2D eigenvalue weighted by molar-refractivity contribution is 6.84. The van der Waals surface area contributed by atoms with Crippen LogP contribution in [0.3, 0.4) is 0 Å². The Balaban J connectivity index is 0.000000156. The lowest BCUT2D eigenvalue weighted by atomic mass is 9.43. The highest BCUT2D eigenvalue weighted by atomic mass is 15.0. The van der Waals surface area contributed by atoms with E-state index in [1.54, 1.807) is 0 Å². The highest BCUT2D eigenvalue weighted by Gasteiger charge is 2.10. The molecule has 1 heterocycles. The molecule has 0 bridgehead atoms. The molecule has 4 aromatic rings. The molecular weight excluding hydrogens is 327 g/mol. The van der Waals surface area contributed by atoms with Gasteiger partial charge in [0.15, 0.2) is 0 Å². The van der Waals surface area contributed by atoms with E-state index < -0.39 is 0 Å². The molecule has 0 fully saturated rings. The van der Waals surface area contributed by atoms with Gasteiger partial charge in [-0.05, 0) is 12.0 Å². The molecule has 0 radical (unpaired) electrons. The number of benzene rings is 3. The number of nitrogens with zero attached hydrogens (tertiary/aromatic N) is 2. The van der Waals surface area contributed by atoms with Crippen LogP contribution in [0.25, 0.3) is 0 Å². The average Bonchev–Trinajstić information content (AvgIpc) is 3.28. The van der Waals surface area contributed by atoms with Gasteiger partial charge in [0.2, 0.25) is 6.71 Å². The van der Waals surface area contributed by atoms with Crippen molar-refractivity contribution in [1.82, 2.24) is 9.55 Å². The number of imidazole rings is 1. The Morgan fingerprint density at radius 1 is 0.741 bits per heavy atom. The molecule has 4 rings (SSSR count). The van der Waals surface area contributed by atoms with E-state index in [9.17, 15) is 0 Å². The van der Waals surface area contributed by atoms with Crippen LogP contribution in [-0.4, -0.2) is 16.3 Å². The Kier molecular flexibility index (Phi) is 7.05. The molecule has 0 amide bonds. The number of rotatable bonds is 5. The molecule has 27 heavy (non-hydrogen) atoms. The number of hydrogen-bond acceptors (Lipinski definition) is 1. The van der Waals surface area contributed by atoms with Gasteiger partial charge in [-0.25, -0.2) is 4.98 Å². The van der Waals surface area contributed by atoms with Gasteiger partial charge in [0.25, 0.3) is 0 Å². The smallest absolute Gasteiger partial charge is 0.206 e. The first-order chi connectivity index (χ1) is 13.3. The lowest BCUT2D eigenvalue weighted by Crippen LogP contribution is -2.38. The summed E-state index contributed by atoms with van der Waals surface area (Å²) in [5, 5.41) is 0. The zero-order valence-corrected chi connectivity index (χ0v) is 15.8. The second-order valence-corrected chi connectivity index (χ2v) is 6.58. The molecule has 0 unspecified atom stereocenters. The van der Waals surface area contributed by atoms with Crippen molar-refractivity contribution >= 4 is 17.6 Å². The molecule has 134 valence electrons. The van der Waals surface area contributed by atoms with E-state index in [0.717, 1.165) is 13.0 Å². The van der Waals surface area contributed by atoms with Gasteiger partial charge in [-0.1, -0.05) is 109 Å². The SMILES string of the molecule is CB(c1ccccc1)c1ccccc1.c1ccc(CCn2ccnc2)cc1. The second-order valence-electron chi connectivity index (χ2n) is 6.58. The van der Waals surface area contributed by atoms with E-state index in [1.165, 1.54) is 16.5 Å². The summed E-state index contributed by atoms with van der Waals surface area (Å²) in [5.41, 5.74) is 4.12. The lowest BCUT2D eigenvalue weighted by molar-refractivity contribution is 0.696. The van der Waals surface area contributed by atoms with E-state index in [0.29, 0.717) is 6.71 Å². The van der Waals surface area contributed by atoms with Crippen LogP contribution >= 0.6 is 0 Å². The predicted molar refractivity (Wildman–Crippen MR) is 116 cm³/mol. The fourth-order valence-corrected chi connectivity index (χ4v) is 3.00. The molecule has 0 aliphatic heterocycles. The minimum absolute atomic E-state index is 0.484. The summed E-state index contributed by atoms with van der Waals surface area (Å²) in [7, 11) is 0. The summed E-state index contributed by atoms with van der Waals surface area (Å²) in [6.07, 6.45) is 6.72. The van der Waals surface area contributed by atoms with Gasteiger partial charge in [-0.3, -0.25) is 0 Å². The Morgan fingerprint density at radius 3 is 1.74 bits per heavy atom. The Bertz CT molecular complexity index is 836. The molecule has 3 aromatic carbocycles. The maximum atomic E-state index is 4.00. The summed E-state index contributed by atoms with van der Waals surface area (Å²) < 4.78 is 2.09. The van der Waals surface area contributed by atoms with E-state index in [1.807, 2.05) is 24.8 Å². The summed E-state index contributed by atoms with van der Waals surface area (Å²) in [6.45, 7) is 3.73. The van der Waals surface area contributed by atoms with E-state index in [2.05, 4.69) is 101 Å². The summed E-state index contributed by atoms with van der Waals surface area (Å²) in [4.78, 5) is 4.00. The minimum atomic E-state index is 0.484. The van der Waals surface area contributed by atoms with Crippen LogP contribution in [0.2, 0.25) is 6.82 Å². The second kappa shape index (κ2) is 10.2. The van der Waals surface area contributed by atoms with E-state index in [4.69, 9.17) is 0 Å². The van der Waals surface area contributed by atoms with Crippen LogP contribution < -0.4 is 10.9 Å². The molecule has 0 aliphatic rings. The fourth-order valence-electron chi connectivity index (χ4n) is 3.00. The molecule has 0 saturated carbocycles. The first-order valence-corrected chi connectivity index (χ1v) is 9.42. The maximum absolute atomic E-state index is 4.00. The third-order valence-electron chi connectivity index (χ3n) is 4.66. The Hall–Kier alpha value is -3.07. The molecule has 0 aliphatic carbocycles. The van der Waals surface area contributed by atoms with E-state index in [-0.39, 0.29) is 0 Å². The molecule has 0 saturated heterocycles. The fraction of sp³-hybridized carbons (Fsp3) is 0.125. The minimum Gasteiger partial charge on any atom is -0.337 e. The summed E-state index contributed by atoms with van der Waals surface area (Å²) >= 11 is 0. The van der Waals surface area contributed by atoms with Gasteiger partial charge >= 0.3 is 0 Å². The van der Waals surface area contributed by atoms with Gasteiger partial charge in [0, 0.05) is 18.9 Å². The molecule has 0 N–H and O–H groups in total. The normalized spacial score (nSPS) is 9.96. The maximum Gasteiger partial charge on any atom is 0.206 e. The molecule has 2 nitrogen and oxygen atoms in total. The van der Waals surface area contributed by atoms with Crippen LogP contribution in [0, 0.1) is 0 Å². The number of hydrogen-bond donors (Lipinski definition) is 0. The van der Waals surface area contributed by atoms with E-state index >= 15 is 0 Å². The number of aromatic nitrogens is 2. The molecule has 0 atom stereocenters. The summed E-state index contributed by atoms with van der Waals surface area (Å²) in [6, 6.07) is 31.7. The molecule has 1 aromatic heterocycles. The van der Waals surface area contributed by atoms with Gasteiger partial charge in [0.1, 0.15) is 0 Å². The van der Waals surface area contributed by atoms with Crippen LogP contribution in [-0.2, 0) is 13.0 Å². The van der Waals surface area contributed by atoms with Gasteiger partial charge in [0.05, 0.1) is 6.33 Å². The van der Waals surface area contributed by atoms with Crippen molar-refractivity contribution < 1.29 is 0 Å². The first-order valence-electron chi connectivity index (χ1n) is 9.42. The summed E-state index contributed by atoms with van der Waals surface area (Å²) in [5.74, 6) is 0. The zero-order chi connectivity index (χ0) is 18.7. The standard InChI is InChI=1S/C13H13B.C11H12N2/c1-14(12-8-4-2-5-9-12)13-10-6-3-7-11-13;1-2-4-11(5-3-1)6-8-13-9-7-12-10-13/h2-11H,1H3;1-5,7,9-10H,6,8H2. The topological polar surface area (TPSA) is 17.8 Å². The van der Waals surface area contributed by atoms with Gasteiger partial charge in [-0.2, -0.15) is 0 Å². The highest BCUT2D eigenvalue weighted by Crippen LogP contribution is 2.01. The van der Waals surface area contributed by atoms with Crippen LogP contribution in [0.5, 0.6) is 0 Å².